The molecule has 0 amide bonds. The molecule has 21 heavy (non-hydrogen) atoms. The molecule has 0 aliphatic carbocycles. The van der Waals surface area contributed by atoms with Crippen molar-refractivity contribution in [1.29, 1.82) is 0 Å². The van der Waals surface area contributed by atoms with Crippen LogP contribution in [0.15, 0.2) is 23.1 Å². The van der Waals surface area contributed by atoms with Crippen molar-refractivity contribution in [2.45, 2.75) is 17.7 Å². The molecule has 1 saturated heterocycles. The molecule has 1 unspecified atom stereocenters. The monoisotopic (exact) mass is 333 g/mol. The van der Waals surface area contributed by atoms with Gasteiger partial charge in [-0.1, -0.05) is 17.7 Å². The maximum absolute atomic E-state index is 12.3. The molecule has 0 saturated carbocycles. The van der Waals surface area contributed by atoms with Crippen LogP contribution in [-0.2, 0) is 10.0 Å². The van der Waals surface area contributed by atoms with Gasteiger partial charge in [0.2, 0.25) is 10.0 Å². The van der Waals surface area contributed by atoms with E-state index in [4.69, 9.17) is 11.6 Å². The Labute approximate surface area is 127 Å². The third-order valence-corrected chi connectivity index (χ3v) is 5.31. The fourth-order valence-corrected chi connectivity index (χ4v) is 4.12. The first-order chi connectivity index (χ1) is 9.92. The lowest BCUT2D eigenvalue weighted by atomic mass is 10.0. The van der Waals surface area contributed by atoms with Crippen molar-refractivity contribution >= 4 is 27.3 Å². The number of halogens is 1. The van der Waals surface area contributed by atoms with Gasteiger partial charge < -0.3 is 5.32 Å². The number of nitro benzene ring substituents is 1. The predicted molar refractivity (Wildman–Crippen MR) is 78.9 cm³/mol. The lowest BCUT2D eigenvalue weighted by Gasteiger charge is -2.22. The number of hydrogen-bond donors (Lipinski definition) is 2. The Hall–Kier alpha value is -1.22. The topological polar surface area (TPSA) is 101 Å². The molecule has 0 radical (unpaired) electrons. The highest BCUT2D eigenvalue weighted by Crippen LogP contribution is 2.30. The summed E-state index contributed by atoms with van der Waals surface area (Å²) in [5.74, 6) is 0.176. The second-order valence-corrected chi connectivity index (χ2v) is 7.02. The number of sulfonamides is 1. The van der Waals surface area contributed by atoms with Crippen molar-refractivity contribution in [2.24, 2.45) is 5.92 Å². The summed E-state index contributed by atoms with van der Waals surface area (Å²) in [6.45, 7) is 1.89. The van der Waals surface area contributed by atoms with Gasteiger partial charge in [-0.25, -0.2) is 13.1 Å². The molecule has 0 bridgehead atoms. The number of piperidine rings is 1. The van der Waals surface area contributed by atoms with Crippen LogP contribution in [0.25, 0.3) is 0 Å². The summed E-state index contributed by atoms with van der Waals surface area (Å²) >= 11 is 5.84. The Bertz CT molecular complexity index is 629. The molecule has 1 aromatic carbocycles. The summed E-state index contributed by atoms with van der Waals surface area (Å²) in [6.07, 6.45) is 1.90. The van der Waals surface area contributed by atoms with E-state index in [0.717, 1.165) is 32.0 Å². The van der Waals surface area contributed by atoms with Crippen LogP contribution in [0.1, 0.15) is 12.8 Å². The van der Waals surface area contributed by atoms with Gasteiger partial charge in [0.15, 0.2) is 4.90 Å². The maximum Gasteiger partial charge on any atom is 0.290 e. The van der Waals surface area contributed by atoms with Gasteiger partial charge in [-0.15, -0.1) is 0 Å². The molecule has 9 heteroatoms. The number of nitrogens with one attached hydrogen (secondary N) is 2. The molecular weight excluding hydrogens is 318 g/mol. The predicted octanol–water partition coefficient (Wildman–Crippen LogP) is 1.53. The number of nitro groups is 1. The summed E-state index contributed by atoms with van der Waals surface area (Å²) in [7, 11) is -4.02. The van der Waals surface area contributed by atoms with Gasteiger partial charge >= 0.3 is 0 Å². The quantitative estimate of drug-likeness (QED) is 0.628. The fraction of sp³-hybridized carbons (Fsp3) is 0.500. The lowest BCUT2D eigenvalue weighted by molar-refractivity contribution is -0.387. The van der Waals surface area contributed by atoms with Crippen molar-refractivity contribution in [2.75, 3.05) is 19.6 Å². The molecule has 116 valence electrons. The van der Waals surface area contributed by atoms with Crippen molar-refractivity contribution < 1.29 is 13.3 Å². The summed E-state index contributed by atoms with van der Waals surface area (Å²) in [5.41, 5.74) is -0.517. The van der Waals surface area contributed by atoms with Crippen LogP contribution in [-0.4, -0.2) is 33.0 Å². The van der Waals surface area contributed by atoms with E-state index in [9.17, 15) is 18.5 Å². The van der Waals surface area contributed by atoms with E-state index in [2.05, 4.69) is 10.0 Å². The molecule has 0 aromatic heterocycles. The minimum atomic E-state index is -4.02. The maximum atomic E-state index is 12.3. The van der Waals surface area contributed by atoms with Crippen molar-refractivity contribution in [3.8, 4) is 0 Å². The lowest BCUT2D eigenvalue weighted by Crippen LogP contribution is -2.38. The van der Waals surface area contributed by atoms with Gasteiger partial charge in [0.05, 0.1) is 9.95 Å². The first-order valence-electron chi connectivity index (χ1n) is 6.55. The summed E-state index contributed by atoms with van der Waals surface area (Å²) in [4.78, 5) is 9.75. The van der Waals surface area contributed by atoms with Crippen LogP contribution < -0.4 is 10.0 Å². The molecule has 1 atom stereocenters. The minimum absolute atomic E-state index is 0.154. The second kappa shape index (κ2) is 6.69. The minimum Gasteiger partial charge on any atom is -0.316 e. The molecule has 1 aromatic rings. The van der Waals surface area contributed by atoms with E-state index >= 15 is 0 Å². The number of nitrogens with zero attached hydrogens (tertiary/aromatic N) is 1. The molecule has 1 aliphatic rings. The highest BCUT2D eigenvalue weighted by Gasteiger charge is 2.29. The average Bonchev–Trinajstić information content (AvgIpc) is 2.46. The van der Waals surface area contributed by atoms with Gasteiger partial charge in [-0.2, -0.15) is 0 Å². The van der Waals surface area contributed by atoms with Crippen LogP contribution in [0.5, 0.6) is 0 Å². The first kappa shape index (κ1) is 16.2. The Kier molecular flexibility index (Phi) is 5.15. The standard InChI is InChI=1S/C12H16ClN3O4S/c13-10-4-1-5-11(16(17)18)12(10)21(19,20)15-8-9-3-2-6-14-7-9/h1,4-5,9,14-15H,2-3,6-8H2. The largest absolute Gasteiger partial charge is 0.316 e. The first-order valence-corrected chi connectivity index (χ1v) is 8.41. The second-order valence-electron chi connectivity index (χ2n) is 4.91. The Balaban J connectivity index is 2.21. The van der Waals surface area contributed by atoms with Gasteiger partial charge in [-0.05, 0) is 37.9 Å². The molecule has 2 N–H and O–H groups in total. The van der Waals surface area contributed by atoms with Gasteiger partial charge in [0, 0.05) is 12.6 Å². The van der Waals surface area contributed by atoms with E-state index < -0.39 is 25.5 Å². The van der Waals surface area contributed by atoms with Crippen LogP contribution >= 0.6 is 11.6 Å². The molecule has 1 aliphatic heterocycles. The smallest absolute Gasteiger partial charge is 0.290 e. The molecule has 1 heterocycles. The average molecular weight is 334 g/mol. The summed E-state index contributed by atoms with van der Waals surface area (Å²) in [6, 6.07) is 3.80. The molecule has 7 nitrogen and oxygen atoms in total. The van der Waals surface area contributed by atoms with Crippen LogP contribution in [0.2, 0.25) is 5.02 Å². The van der Waals surface area contributed by atoms with E-state index in [1.807, 2.05) is 0 Å². The fourth-order valence-electron chi connectivity index (χ4n) is 2.31. The third-order valence-electron chi connectivity index (χ3n) is 3.37. The number of benzene rings is 1. The normalized spacial score (nSPS) is 19.4. The highest BCUT2D eigenvalue weighted by molar-refractivity contribution is 7.89. The number of hydrogen-bond acceptors (Lipinski definition) is 5. The zero-order valence-electron chi connectivity index (χ0n) is 11.2. The highest BCUT2D eigenvalue weighted by atomic mass is 35.5. The van der Waals surface area contributed by atoms with Crippen LogP contribution in [0.4, 0.5) is 5.69 Å². The SMILES string of the molecule is O=[N+]([O-])c1cccc(Cl)c1S(=O)(=O)NCC1CCCNC1. The zero-order chi connectivity index (χ0) is 15.5. The molecule has 1 fully saturated rings. The molecule has 0 spiro atoms. The van der Waals surface area contributed by atoms with E-state index in [0.29, 0.717) is 0 Å². The summed E-state index contributed by atoms with van der Waals surface area (Å²) in [5, 5.41) is 14.0. The molecular formula is C12H16ClN3O4S. The van der Waals surface area contributed by atoms with Crippen LogP contribution in [0.3, 0.4) is 0 Å². The van der Waals surface area contributed by atoms with Crippen molar-refractivity contribution in [3.05, 3.63) is 33.3 Å². The Morgan fingerprint density at radius 1 is 1.48 bits per heavy atom. The van der Waals surface area contributed by atoms with Gasteiger partial charge in [0.25, 0.3) is 5.69 Å². The Morgan fingerprint density at radius 2 is 2.24 bits per heavy atom. The van der Waals surface area contributed by atoms with Gasteiger partial charge in [-0.3, -0.25) is 10.1 Å². The van der Waals surface area contributed by atoms with Gasteiger partial charge in [0.1, 0.15) is 0 Å². The van der Waals surface area contributed by atoms with E-state index in [1.165, 1.54) is 12.1 Å². The van der Waals surface area contributed by atoms with Crippen LogP contribution in [0, 0.1) is 16.0 Å². The molecule has 2 rings (SSSR count). The van der Waals surface area contributed by atoms with E-state index in [-0.39, 0.29) is 17.5 Å². The van der Waals surface area contributed by atoms with Crippen molar-refractivity contribution in [3.63, 3.8) is 0 Å². The Morgan fingerprint density at radius 3 is 2.86 bits per heavy atom. The number of rotatable bonds is 5. The van der Waals surface area contributed by atoms with Crippen molar-refractivity contribution in [1.82, 2.24) is 10.0 Å². The van der Waals surface area contributed by atoms with E-state index in [1.54, 1.807) is 0 Å². The summed E-state index contributed by atoms with van der Waals surface area (Å²) < 4.78 is 27.0. The zero-order valence-corrected chi connectivity index (χ0v) is 12.8. The third kappa shape index (κ3) is 3.91.